The summed E-state index contributed by atoms with van der Waals surface area (Å²) in [5, 5.41) is 16.4. The molecule has 1 aromatic carbocycles. The van der Waals surface area contributed by atoms with Crippen LogP contribution >= 0.6 is 11.8 Å². The quantitative estimate of drug-likeness (QED) is 0.0680. The van der Waals surface area contributed by atoms with Crippen molar-refractivity contribution >= 4 is 51.8 Å². The van der Waals surface area contributed by atoms with Crippen LogP contribution in [0.25, 0.3) is 26.9 Å². The number of ether oxygens (including phenoxy) is 1. The average molecular weight is 567 g/mol. The van der Waals surface area contributed by atoms with Gasteiger partial charge in [-0.3, -0.25) is 14.6 Å². The van der Waals surface area contributed by atoms with Crippen LogP contribution < -0.4 is 21.3 Å². The van der Waals surface area contributed by atoms with E-state index < -0.39 is 0 Å². The number of benzene rings is 1. The molecule has 212 valence electrons. The highest BCUT2D eigenvalue weighted by atomic mass is 32.2. The lowest BCUT2D eigenvalue weighted by Crippen LogP contribution is -2.36. The molecule has 40 heavy (non-hydrogen) atoms. The Bertz CT molecular complexity index is 1310. The normalized spacial score (nSPS) is 19.9. The van der Waals surface area contributed by atoms with Crippen molar-refractivity contribution in [2.75, 3.05) is 32.1 Å². The summed E-state index contributed by atoms with van der Waals surface area (Å²) < 4.78 is 5.51. The Morgan fingerprint density at radius 2 is 2.05 bits per heavy atom. The van der Waals surface area contributed by atoms with E-state index in [1.54, 1.807) is 24.4 Å². The zero-order chi connectivity index (χ0) is 28.3. The fourth-order valence-electron chi connectivity index (χ4n) is 4.75. The van der Waals surface area contributed by atoms with Crippen LogP contribution in [0.2, 0.25) is 0 Å². The zero-order valence-electron chi connectivity index (χ0n) is 22.4. The van der Waals surface area contributed by atoms with Gasteiger partial charge < -0.3 is 26.0 Å². The molecule has 2 aliphatic rings. The molecule has 2 saturated heterocycles. The second kappa shape index (κ2) is 14.5. The number of pyridine rings is 1. The van der Waals surface area contributed by atoms with E-state index in [0.29, 0.717) is 43.7 Å². The van der Waals surface area contributed by atoms with Crippen LogP contribution in [0.4, 0.5) is 10.5 Å². The van der Waals surface area contributed by atoms with Gasteiger partial charge in [0.05, 0.1) is 30.8 Å². The number of carbonyl (C=O) groups excluding carboxylic acids is 3. The van der Waals surface area contributed by atoms with Crippen molar-refractivity contribution in [1.82, 2.24) is 26.3 Å². The van der Waals surface area contributed by atoms with Gasteiger partial charge in [-0.1, -0.05) is 17.6 Å². The lowest BCUT2D eigenvalue weighted by Gasteiger charge is -2.16. The highest BCUT2D eigenvalue weighted by Gasteiger charge is 2.42. The summed E-state index contributed by atoms with van der Waals surface area (Å²) in [5.74, 6) is 0.707. The molecular weight excluding hydrogens is 532 g/mol. The Hall–Kier alpha value is -3.80. The van der Waals surface area contributed by atoms with E-state index in [0.717, 1.165) is 47.1 Å². The first kappa shape index (κ1) is 29.2. The molecule has 13 heteroatoms. The first-order valence-corrected chi connectivity index (χ1v) is 14.4. The number of amides is 4. The molecule has 2 aliphatic heterocycles. The number of nitrogens with one attached hydrogen (secondary N) is 4. The van der Waals surface area contributed by atoms with Gasteiger partial charge in [-0.25, -0.2) is 4.79 Å². The molecule has 4 rings (SSSR count). The summed E-state index contributed by atoms with van der Waals surface area (Å²) in [4.78, 5) is 43.0. The summed E-state index contributed by atoms with van der Waals surface area (Å²) in [5.41, 5.74) is 11.4. The second-order valence-electron chi connectivity index (χ2n) is 9.74. The van der Waals surface area contributed by atoms with Crippen LogP contribution in [0.3, 0.4) is 0 Å². The monoisotopic (exact) mass is 566 g/mol. The van der Waals surface area contributed by atoms with Crippen molar-refractivity contribution in [2.45, 2.75) is 49.9 Å². The molecule has 2 aromatic rings. The van der Waals surface area contributed by atoms with Crippen molar-refractivity contribution < 1.29 is 19.1 Å². The maximum absolute atomic E-state index is 12.3. The number of hydrogen-bond acceptors (Lipinski definition) is 7. The number of allylic oxidation sites excluding steroid dienone is 1. The van der Waals surface area contributed by atoms with Gasteiger partial charge in [0.25, 0.3) is 0 Å². The van der Waals surface area contributed by atoms with Crippen LogP contribution in [-0.4, -0.2) is 72.2 Å². The maximum Gasteiger partial charge on any atom is 0.315 e. The number of aromatic nitrogens is 1. The fraction of sp³-hybridized carbons (Fsp3) is 0.481. The third-order valence-electron chi connectivity index (χ3n) is 6.82. The predicted molar refractivity (Wildman–Crippen MR) is 155 cm³/mol. The van der Waals surface area contributed by atoms with Crippen molar-refractivity contribution in [3.63, 3.8) is 0 Å². The zero-order valence-corrected chi connectivity index (χ0v) is 23.2. The van der Waals surface area contributed by atoms with Gasteiger partial charge >= 0.3 is 6.03 Å². The second-order valence-corrected chi connectivity index (χ2v) is 11.0. The topological polar surface area (TPSA) is 170 Å². The summed E-state index contributed by atoms with van der Waals surface area (Å²) in [6.07, 6.45) is 6.43. The molecule has 12 nitrogen and oxygen atoms in total. The largest absolute Gasteiger partial charge is 0.378 e. The molecule has 3 heterocycles. The van der Waals surface area contributed by atoms with Crippen LogP contribution in [0.1, 0.15) is 38.2 Å². The number of thioether (sulfide) groups is 1. The van der Waals surface area contributed by atoms with Gasteiger partial charge in [0.2, 0.25) is 11.8 Å². The molecular formula is C27H34N8O4S. The van der Waals surface area contributed by atoms with Crippen LogP contribution in [0, 0.1) is 0 Å². The highest BCUT2D eigenvalue weighted by molar-refractivity contribution is 8.00. The van der Waals surface area contributed by atoms with Gasteiger partial charge in [-0.05, 0) is 54.6 Å². The lowest BCUT2D eigenvalue weighted by atomic mass is 10.0. The van der Waals surface area contributed by atoms with Gasteiger partial charge in [0.1, 0.15) is 0 Å². The van der Waals surface area contributed by atoms with Gasteiger partial charge in [0, 0.05) is 58.8 Å². The van der Waals surface area contributed by atoms with Crippen molar-refractivity contribution in [2.24, 2.45) is 5.11 Å². The smallest absolute Gasteiger partial charge is 0.315 e. The summed E-state index contributed by atoms with van der Waals surface area (Å²) in [7, 11) is 0. The number of urea groups is 1. The van der Waals surface area contributed by atoms with Crippen molar-refractivity contribution in [3.05, 3.63) is 52.5 Å². The number of rotatable bonds is 14. The van der Waals surface area contributed by atoms with E-state index in [4.69, 9.17) is 10.3 Å². The fourth-order valence-corrected chi connectivity index (χ4v) is 6.30. The van der Waals surface area contributed by atoms with Crippen molar-refractivity contribution in [3.8, 4) is 0 Å². The van der Waals surface area contributed by atoms with E-state index in [-0.39, 0.29) is 29.9 Å². The number of hydrogen-bond donors (Lipinski definition) is 4. The van der Waals surface area contributed by atoms with E-state index in [1.165, 1.54) is 6.08 Å². The van der Waals surface area contributed by atoms with Gasteiger partial charge in [-0.15, -0.1) is 0 Å². The minimum atomic E-state index is -0.240. The number of fused-ring (bicyclic) bond motifs is 2. The van der Waals surface area contributed by atoms with Crippen LogP contribution in [-0.2, 0) is 14.3 Å². The van der Waals surface area contributed by atoms with Gasteiger partial charge in [0.15, 0.2) is 0 Å². The molecule has 2 fully saturated rings. The van der Waals surface area contributed by atoms with Crippen molar-refractivity contribution in [1.29, 1.82) is 0 Å². The van der Waals surface area contributed by atoms with E-state index in [9.17, 15) is 14.4 Å². The molecule has 0 radical (unpaired) electrons. The predicted octanol–water partition coefficient (Wildman–Crippen LogP) is 3.55. The standard InChI is InChI=1S/C27H34N8O4S/c1-17(19-13-18-14-20(34-35-28)6-7-21(18)31-15-19)12-25(37)30-9-11-39-10-8-29-24(36)5-3-2-4-23-26-22(16-40-23)32-27(38)33-26/h6-7,12-15,22-23,26H,2-5,8-11,16H2,1H3,(H,29,36)(H,30,37)(H2,32,33,38)/b17-12+/t22-,23-,26-/m0/s1. The third-order valence-corrected chi connectivity index (χ3v) is 8.33. The SMILES string of the molecule is C/C(=C\C(=O)NCCOCCNC(=O)CCCC[C@@H]1SC[C@@H]2NC(=O)N[C@@H]21)c1cnc2ccc(N=[N+]=[N-])cc2c1. The minimum absolute atomic E-state index is 0.00231. The summed E-state index contributed by atoms with van der Waals surface area (Å²) >= 11 is 1.89. The number of azide groups is 1. The molecule has 1 aromatic heterocycles. The van der Waals surface area contributed by atoms with E-state index in [1.807, 2.05) is 24.8 Å². The molecule has 3 atom stereocenters. The molecule has 0 unspecified atom stereocenters. The molecule has 0 bridgehead atoms. The van der Waals surface area contributed by atoms with E-state index in [2.05, 4.69) is 36.3 Å². The minimum Gasteiger partial charge on any atom is -0.378 e. The van der Waals surface area contributed by atoms with E-state index >= 15 is 0 Å². The summed E-state index contributed by atoms with van der Waals surface area (Å²) in [6, 6.07) is 7.49. The molecule has 0 spiro atoms. The van der Waals surface area contributed by atoms with Gasteiger partial charge in [-0.2, -0.15) is 11.8 Å². The Morgan fingerprint density at radius 1 is 1.23 bits per heavy atom. The maximum atomic E-state index is 12.3. The van der Waals surface area contributed by atoms with Crippen LogP contribution in [0.5, 0.6) is 0 Å². The third kappa shape index (κ3) is 8.35. The lowest BCUT2D eigenvalue weighted by molar-refractivity contribution is -0.121. The molecule has 4 N–H and O–H groups in total. The molecule has 0 aliphatic carbocycles. The summed E-state index contributed by atoms with van der Waals surface area (Å²) in [6.45, 7) is 3.29. The Kier molecular flexibility index (Phi) is 10.6. The van der Waals surface area contributed by atoms with Crippen LogP contribution in [0.15, 0.2) is 41.7 Å². The highest BCUT2D eigenvalue weighted by Crippen LogP contribution is 2.33. The number of unbranched alkanes of at least 4 members (excludes halogenated alkanes) is 1. The molecule has 4 amide bonds. The Labute approximate surface area is 236 Å². The Balaban J connectivity index is 1.05. The number of carbonyl (C=O) groups is 3. The Morgan fingerprint density at radius 3 is 2.88 bits per heavy atom. The first-order chi connectivity index (χ1) is 19.4. The first-order valence-electron chi connectivity index (χ1n) is 13.4. The number of nitrogens with zero attached hydrogens (tertiary/aromatic N) is 4. The molecule has 0 saturated carbocycles. The average Bonchev–Trinajstić information content (AvgIpc) is 3.49.